The van der Waals surface area contributed by atoms with Gasteiger partial charge in [0, 0.05) is 23.7 Å². The number of nitrogens with one attached hydrogen (secondary N) is 1. The number of aromatic nitrogens is 3. The molecule has 8 nitrogen and oxygen atoms in total. The summed E-state index contributed by atoms with van der Waals surface area (Å²) in [6.45, 7) is 0.719. The van der Waals surface area contributed by atoms with Crippen molar-refractivity contribution < 1.29 is 26.3 Å². The summed E-state index contributed by atoms with van der Waals surface area (Å²) in [6, 6.07) is 5.96. The molecule has 1 fully saturated rings. The van der Waals surface area contributed by atoms with Crippen molar-refractivity contribution in [2.75, 3.05) is 7.11 Å². The van der Waals surface area contributed by atoms with E-state index < -0.39 is 27.1 Å². The van der Waals surface area contributed by atoms with Crippen LogP contribution in [0.15, 0.2) is 35.4 Å². The summed E-state index contributed by atoms with van der Waals surface area (Å²) in [4.78, 5) is 8.30. The fourth-order valence-corrected chi connectivity index (χ4v) is 4.86. The van der Waals surface area contributed by atoms with Crippen molar-refractivity contribution in [3.8, 4) is 23.3 Å². The van der Waals surface area contributed by atoms with Gasteiger partial charge in [0.05, 0.1) is 24.1 Å². The molecule has 1 aliphatic carbocycles. The monoisotopic (exact) mass is 479 g/mol. The molecular formula is C21H20F3N5O3S. The van der Waals surface area contributed by atoms with E-state index in [1.165, 1.54) is 19.2 Å². The SMILES string of the molecule is COc1ccc2c(C#N)c(-c3ccc(S(=O)(=O)N[C@@H](C)C(F)(F)F)cn3)n(C3CCC3)c2n1. The molecule has 0 unspecified atom stereocenters. The minimum atomic E-state index is -4.72. The van der Waals surface area contributed by atoms with E-state index >= 15 is 0 Å². The topological polar surface area (TPSA) is 110 Å². The molecule has 12 heteroatoms. The van der Waals surface area contributed by atoms with E-state index in [0.717, 1.165) is 32.4 Å². The third-order valence-electron chi connectivity index (χ3n) is 5.70. The number of fused-ring (bicyclic) bond motifs is 1. The number of hydrogen-bond acceptors (Lipinski definition) is 6. The minimum Gasteiger partial charge on any atom is -0.481 e. The predicted molar refractivity (Wildman–Crippen MR) is 113 cm³/mol. The first kappa shape index (κ1) is 23.0. The molecule has 1 atom stereocenters. The third kappa shape index (κ3) is 4.14. The van der Waals surface area contributed by atoms with Gasteiger partial charge in [-0.3, -0.25) is 4.98 Å². The molecule has 0 amide bonds. The van der Waals surface area contributed by atoms with E-state index in [0.29, 0.717) is 33.9 Å². The Kier molecular flexibility index (Phi) is 5.79. The Bertz CT molecular complexity index is 1340. The zero-order valence-electron chi connectivity index (χ0n) is 17.7. The lowest BCUT2D eigenvalue weighted by atomic mass is 9.92. The number of halogens is 3. The van der Waals surface area contributed by atoms with Crippen molar-refractivity contribution in [1.29, 1.82) is 5.26 Å². The molecule has 3 aromatic heterocycles. The molecule has 0 saturated heterocycles. The molecule has 3 aromatic rings. The number of ether oxygens (including phenoxy) is 1. The van der Waals surface area contributed by atoms with E-state index in [1.807, 2.05) is 4.57 Å². The predicted octanol–water partition coefficient (Wildman–Crippen LogP) is 3.93. The Morgan fingerprint density at radius 1 is 1.27 bits per heavy atom. The van der Waals surface area contributed by atoms with Crippen molar-refractivity contribution in [2.45, 2.75) is 49.3 Å². The van der Waals surface area contributed by atoms with Crippen LogP contribution in [0, 0.1) is 11.3 Å². The highest BCUT2D eigenvalue weighted by molar-refractivity contribution is 7.89. The molecule has 0 spiro atoms. The fourth-order valence-electron chi connectivity index (χ4n) is 3.69. The molecule has 0 aromatic carbocycles. The smallest absolute Gasteiger partial charge is 0.404 e. The van der Waals surface area contributed by atoms with Crippen molar-refractivity contribution in [2.24, 2.45) is 0 Å². The molecule has 33 heavy (non-hydrogen) atoms. The van der Waals surface area contributed by atoms with Gasteiger partial charge in [0.25, 0.3) is 0 Å². The molecular weight excluding hydrogens is 459 g/mol. The first-order valence-corrected chi connectivity index (χ1v) is 11.6. The molecule has 1 aliphatic rings. The van der Waals surface area contributed by atoms with Gasteiger partial charge in [-0.25, -0.2) is 8.42 Å². The highest BCUT2D eigenvalue weighted by Gasteiger charge is 2.39. The lowest BCUT2D eigenvalue weighted by Gasteiger charge is -2.29. The lowest BCUT2D eigenvalue weighted by Crippen LogP contribution is -2.42. The van der Waals surface area contributed by atoms with E-state index in [-0.39, 0.29) is 6.04 Å². The molecule has 1 saturated carbocycles. The normalized spacial score (nSPS) is 15.8. The second-order valence-corrected chi connectivity index (χ2v) is 9.49. The zero-order valence-corrected chi connectivity index (χ0v) is 18.5. The average molecular weight is 479 g/mol. The lowest BCUT2D eigenvalue weighted by molar-refractivity contribution is -0.147. The summed E-state index contributed by atoms with van der Waals surface area (Å²) in [7, 11) is -2.95. The van der Waals surface area contributed by atoms with Gasteiger partial charge >= 0.3 is 6.18 Å². The van der Waals surface area contributed by atoms with E-state index in [4.69, 9.17) is 4.74 Å². The van der Waals surface area contributed by atoms with Crippen LogP contribution in [0.2, 0.25) is 0 Å². The number of sulfonamides is 1. The number of alkyl halides is 3. The van der Waals surface area contributed by atoms with Crippen molar-refractivity contribution in [3.63, 3.8) is 0 Å². The maximum absolute atomic E-state index is 12.8. The van der Waals surface area contributed by atoms with Crippen LogP contribution in [-0.4, -0.2) is 42.3 Å². The second kappa shape index (κ2) is 8.31. The van der Waals surface area contributed by atoms with E-state index in [2.05, 4.69) is 16.0 Å². The average Bonchev–Trinajstić information content (AvgIpc) is 3.04. The van der Waals surface area contributed by atoms with Gasteiger partial charge in [-0.15, -0.1) is 0 Å². The van der Waals surface area contributed by atoms with Gasteiger partial charge in [-0.05, 0) is 44.4 Å². The van der Waals surface area contributed by atoms with Crippen molar-refractivity contribution >= 4 is 21.1 Å². The van der Waals surface area contributed by atoms with Crippen LogP contribution < -0.4 is 9.46 Å². The van der Waals surface area contributed by atoms with Crippen molar-refractivity contribution in [3.05, 3.63) is 36.0 Å². The summed E-state index contributed by atoms with van der Waals surface area (Å²) < 4.78 is 71.9. The third-order valence-corrected chi connectivity index (χ3v) is 7.22. The minimum absolute atomic E-state index is 0.0868. The maximum atomic E-state index is 12.8. The largest absolute Gasteiger partial charge is 0.481 e. The van der Waals surface area contributed by atoms with E-state index in [1.54, 1.807) is 16.9 Å². The molecule has 1 N–H and O–H groups in total. The van der Waals surface area contributed by atoms with Crippen molar-refractivity contribution in [1.82, 2.24) is 19.3 Å². The number of pyridine rings is 2. The quantitative estimate of drug-likeness (QED) is 0.574. The van der Waals surface area contributed by atoms with E-state index in [9.17, 15) is 26.9 Å². The molecule has 0 bridgehead atoms. The standard InChI is InChI=1S/C21H20F3N5O3S/c1-12(21(22,23)24)28-33(30,31)14-6-8-17(26-11-14)19-16(10-25)15-7-9-18(32-2)27-20(15)29(19)13-4-3-5-13/h6-9,11-13,28H,3-5H2,1-2H3/t12-/m0/s1. The Labute approximate surface area is 188 Å². The fraction of sp³-hybridized carbons (Fsp3) is 0.381. The summed E-state index contributed by atoms with van der Waals surface area (Å²) in [5, 5.41) is 10.5. The van der Waals surface area contributed by atoms with Gasteiger partial charge in [0.15, 0.2) is 0 Å². The number of hydrogen-bond donors (Lipinski definition) is 1. The van der Waals surface area contributed by atoms with Gasteiger partial charge in [-0.1, -0.05) is 0 Å². The van der Waals surface area contributed by atoms with Gasteiger partial charge in [0.2, 0.25) is 15.9 Å². The van der Waals surface area contributed by atoms with Crippen LogP contribution in [0.4, 0.5) is 13.2 Å². The van der Waals surface area contributed by atoms with Crippen LogP contribution in [0.1, 0.15) is 37.8 Å². The van der Waals surface area contributed by atoms with Crippen LogP contribution in [0.25, 0.3) is 22.4 Å². The van der Waals surface area contributed by atoms with Crippen LogP contribution in [0.5, 0.6) is 5.88 Å². The van der Waals surface area contributed by atoms with Gasteiger partial charge < -0.3 is 9.30 Å². The Hall–Kier alpha value is -3.17. The highest BCUT2D eigenvalue weighted by atomic mass is 32.2. The van der Waals surface area contributed by atoms with Gasteiger partial charge in [-0.2, -0.15) is 28.1 Å². The van der Waals surface area contributed by atoms with Crippen LogP contribution in [-0.2, 0) is 10.0 Å². The maximum Gasteiger partial charge on any atom is 0.404 e. The van der Waals surface area contributed by atoms with Crippen LogP contribution >= 0.6 is 0 Å². The summed E-state index contributed by atoms with van der Waals surface area (Å²) in [6.07, 6.45) is -0.958. The van der Waals surface area contributed by atoms with Gasteiger partial charge in [0.1, 0.15) is 22.7 Å². The van der Waals surface area contributed by atoms with Crippen LogP contribution in [0.3, 0.4) is 0 Å². The molecule has 3 heterocycles. The molecule has 0 aliphatic heterocycles. The number of rotatable bonds is 6. The first-order valence-electron chi connectivity index (χ1n) is 10.1. The Balaban J connectivity index is 1.80. The number of nitrogens with zero attached hydrogens (tertiary/aromatic N) is 4. The summed E-state index contributed by atoms with van der Waals surface area (Å²) >= 11 is 0. The number of methoxy groups -OCH3 is 1. The second-order valence-electron chi connectivity index (χ2n) is 7.78. The molecule has 0 radical (unpaired) electrons. The molecule has 4 rings (SSSR count). The molecule has 174 valence electrons. The first-order chi connectivity index (χ1) is 15.6. The zero-order chi connectivity index (χ0) is 24.0. The number of nitriles is 1. The highest BCUT2D eigenvalue weighted by Crippen LogP contribution is 2.42. The summed E-state index contributed by atoms with van der Waals surface area (Å²) in [5.74, 6) is 0.385. The summed E-state index contributed by atoms with van der Waals surface area (Å²) in [5.41, 5.74) is 1.69. The Morgan fingerprint density at radius 3 is 2.52 bits per heavy atom. The Morgan fingerprint density at radius 2 is 2.00 bits per heavy atom.